The number of nitrogens with one attached hydrogen (secondary N) is 2. The number of hydrogen-bond donors (Lipinski definition) is 2. The summed E-state index contributed by atoms with van der Waals surface area (Å²) in [6.07, 6.45) is 0. The molecule has 2 aromatic rings. The number of sulfonamides is 1. The lowest BCUT2D eigenvalue weighted by molar-refractivity contribution is -0.134. The van der Waals surface area contributed by atoms with Crippen LogP contribution in [-0.4, -0.2) is 25.5 Å². The van der Waals surface area contributed by atoms with Gasteiger partial charge in [-0.25, -0.2) is 13.1 Å². The predicted molar refractivity (Wildman–Crippen MR) is 115 cm³/mol. The fourth-order valence-electron chi connectivity index (χ4n) is 2.60. The zero-order valence-electron chi connectivity index (χ0n) is 17.2. The Balaban J connectivity index is 2.13. The Morgan fingerprint density at radius 2 is 1.59 bits per heavy atom. The lowest BCUT2D eigenvalue weighted by atomic mass is 10.1. The Hall–Kier alpha value is -2.09. The highest BCUT2D eigenvalue weighted by Crippen LogP contribution is 2.22. The van der Waals surface area contributed by atoms with Gasteiger partial charge in [-0.05, 0) is 70.5 Å². The number of benzene rings is 2. The lowest BCUT2D eigenvalue weighted by Gasteiger charge is -2.26. The number of carbonyl (C=O) groups is 1. The number of halogens is 1. The number of hydrogen-bond acceptors (Lipinski definition) is 4. The topological polar surface area (TPSA) is 84.5 Å². The third-order valence-corrected chi connectivity index (χ3v) is 5.99. The van der Waals surface area contributed by atoms with Crippen LogP contribution in [0.15, 0.2) is 53.4 Å². The van der Waals surface area contributed by atoms with Crippen LogP contribution in [0, 0.1) is 0 Å². The number of amides is 1. The van der Waals surface area contributed by atoms with Crippen molar-refractivity contribution in [2.24, 2.45) is 0 Å². The second kappa shape index (κ2) is 8.73. The Morgan fingerprint density at radius 3 is 2.17 bits per heavy atom. The zero-order chi connectivity index (χ0) is 21.9. The molecule has 0 spiro atoms. The molecule has 0 heterocycles. The van der Waals surface area contributed by atoms with Crippen molar-refractivity contribution in [3.63, 3.8) is 0 Å². The average Bonchev–Trinajstić information content (AvgIpc) is 2.59. The van der Waals surface area contributed by atoms with Crippen LogP contribution >= 0.6 is 11.6 Å². The summed E-state index contributed by atoms with van der Waals surface area (Å²) in [5.74, 6) is 0.135. The van der Waals surface area contributed by atoms with Crippen molar-refractivity contribution in [1.29, 1.82) is 0 Å². The molecule has 0 saturated carbocycles. The van der Waals surface area contributed by atoms with E-state index < -0.39 is 21.2 Å². The molecule has 8 heteroatoms. The quantitative estimate of drug-likeness (QED) is 0.686. The molecule has 2 N–H and O–H groups in total. The van der Waals surface area contributed by atoms with Gasteiger partial charge in [0, 0.05) is 17.1 Å². The highest BCUT2D eigenvalue weighted by Gasteiger charge is 2.30. The Labute approximate surface area is 177 Å². The Morgan fingerprint density at radius 1 is 1.00 bits per heavy atom. The van der Waals surface area contributed by atoms with E-state index in [9.17, 15) is 13.2 Å². The minimum atomic E-state index is -3.73. The molecular weight excluding hydrogens is 412 g/mol. The summed E-state index contributed by atoms with van der Waals surface area (Å²) >= 11 is 5.87. The van der Waals surface area contributed by atoms with Crippen molar-refractivity contribution in [3.8, 4) is 5.75 Å². The smallest absolute Gasteiger partial charge is 0.263 e. The summed E-state index contributed by atoms with van der Waals surface area (Å²) in [6.45, 7) is 8.64. The molecule has 0 saturated heterocycles. The van der Waals surface area contributed by atoms with Gasteiger partial charge in [0.05, 0.1) is 4.90 Å². The van der Waals surface area contributed by atoms with E-state index in [1.54, 1.807) is 77.1 Å². The Bertz CT molecular complexity index is 965. The largest absolute Gasteiger partial charge is 0.478 e. The van der Waals surface area contributed by atoms with Crippen LogP contribution in [0.1, 0.15) is 40.2 Å². The van der Waals surface area contributed by atoms with Crippen LogP contribution in [0.4, 0.5) is 0 Å². The van der Waals surface area contributed by atoms with Crippen LogP contribution in [0.5, 0.6) is 5.75 Å². The molecule has 0 aliphatic carbocycles. The molecule has 0 aliphatic rings. The monoisotopic (exact) mass is 438 g/mol. The molecule has 2 rings (SSSR count). The summed E-state index contributed by atoms with van der Waals surface area (Å²) in [4.78, 5) is 12.8. The molecule has 0 radical (unpaired) electrons. The number of ether oxygens (including phenoxy) is 1. The van der Waals surface area contributed by atoms with Crippen molar-refractivity contribution in [1.82, 2.24) is 10.0 Å². The third-order valence-electron chi connectivity index (χ3n) is 3.88. The first-order valence-electron chi connectivity index (χ1n) is 9.15. The van der Waals surface area contributed by atoms with Gasteiger partial charge in [-0.15, -0.1) is 0 Å². The van der Waals surface area contributed by atoms with Gasteiger partial charge in [0.2, 0.25) is 10.0 Å². The van der Waals surface area contributed by atoms with Crippen molar-refractivity contribution >= 4 is 27.5 Å². The van der Waals surface area contributed by atoms with E-state index in [0.717, 1.165) is 0 Å². The van der Waals surface area contributed by atoms with E-state index in [1.165, 1.54) is 6.07 Å². The Kier molecular flexibility index (Phi) is 6.98. The standard InChI is InChI=1S/C21H27ClN2O4S/c1-20(2,3)24-29(26,27)18-9-7-6-8-15(18)14-23-19(25)21(4,5)28-17-12-10-16(22)11-13-17/h6-13,24H,14H2,1-5H3,(H,23,25). The zero-order valence-corrected chi connectivity index (χ0v) is 18.8. The van der Waals surface area contributed by atoms with Crippen molar-refractivity contribution in [2.75, 3.05) is 0 Å². The first-order valence-corrected chi connectivity index (χ1v) is 11.0. The molecule has 2 aromatic carbocycles. The molecule has 0 atom stereocenters. The van der Waals surface area contributed by atoms with Gasteiger partial charge in [-0.2, -0.15) is 0 Å². The maximum Gasteiger partial charge on any atom is 0.263 e. The third kappa shape index (κ3) is 6.73. The summed E-state index contributed by atoms with van der Waals surface area (Å²) in [6, 6.07) is 13.3. The van der Waals surface area contributed by atoms with Gasteiger partial charge in [0.25, 0.3) is 5.91 Å². The van der Waals surface area contributed by atoms with E-state index in [4.69, 9.17) is 16.3 Å². The summed E-state index contributed by atoms with van der Waals surface area (Å²) in [7, 11) is -3.73. The SMILES string of the molecule is CC(C)(C)NS(=O)(=O)c1ccccc1CNC(=O)C(C)(C)Oc1ccc(Cl)cc1. The highest BCUT2D eigenvalue weighted by molar-refractivity contribution is 7.89. The van der Waals surface area contributed by atoms with Crippen molar-refractivity contribution < 1.29 is 17.9 Å². The molecular formula is C21H27ClN2O4S. The van der Waals surface area contributed by atoms with Gasteiger partial charge in [-0.1, -0.05) is 29.8 Å². The maximum absolute atomic E-state index is 12.7. The predicted octanol–water partition coefficient (Wildman–Crippen LogP) is 3.89. The van der Waals surface area contributed by atoms with E-state index in [2.05, 4.69) is 10.0 Å². The van der Waals surface area contributed by atoms with E-state index in [0.29, 0.717) is 16.3 Å². The molecule has 0 fully saturated rings. The molecule has 0 unspecified atom stereocenters. The molecule has 29 heavy (non-hydrogen) atoms. The fraction of sp³-hybridized carbons (Fsp3) is 0.381. The molecule has 1 amide bonds. The number of carbonyl (C=O) groups excluding carboxylic acids is 1. The summed E-state index contributed by atoms with van der Waals surface area (Å²) in [5, 5.41) is 3.33. The van der Waals surface area contributed by atoms with Gasteiger partial charge in [-0.3, -0.25) is 4.79 Å². The first kappa shape index (κ1) is 23.2. The summed E-state index contributed by atoms with van der Waals surface area (Å²) in [5.41, 5.74) is -1.30. The second-order valence-corrected chi connectivity index (χ2v) is 10.3. The van der Waals surface area contributed by atoms with Gasteiger partial charge in [0.15, 0.2) is 5.60 Å². The highest BCUT2D eigenvalue weighted by atomic mass is 35.5. The summed E-state index contributed by atoms with van der Waals surface area (Å²) < 4.78 is 33.8. The van der Waals surface area contributed by atoms with Gasteiger partial charge >= 0.3 is 0 Å². The minimum Gasteiger partial charge on any atom is -0.478 e. The van der Waals surface area contributed by atoms with Crippen LogP contribution < -0.4 is 14.8 Å². The maximum atomic E-state index is 12.7. The molecule has 0 aliphatic heterocycles. The second-order valence-electron chi connectivity index (χ2n) is 8.21. The normalized spacial score (nSPS) is 12.5. The van der Waals surface area contributed by atoms with Gasteiger partial charge in [0.1, 0.15) is 5.75 Å². The molecule has 0 aromatic heterocycles. The van der Waals surface area contributed by atoms with Crippen molar-refractivity contribution in [2.45, 2.75) is 57.2 Å². The van der Waals surface area contributed by atoms with Crippen LogP contribution in [0.25, 0.3) is 0 Å². The van der Waals surface area contributed by atoms with Crippen molar-refractivity contribution in [3.05, 3.63) is 59.1 Å². The van der Waals surface area contributed by atoms with E-state index in [1.807, 2.05) is 0 Å². The molecule has 6 nitrogen and oxygen atoms in total. The molecule has 158 valence electrons. The average molecular weight is 439 g/mol. The lowest BCUT2D eigenvalue weighted by Crippen LogP contribution is -2.46. The van der Waals surface area contributed by atoms with Crippen LogP contribution in [0.3, 0.4) is 0 Å². The fourth-order valence-corrected chi connectivity index (χ4v) is 4.39. The van der Waals surface area contributed by atoms with E-state index in [-0.39, 0.29) is 17.3 Å². The van der Waals surface area contributed by atoms with Gasteiger partial charge < -0.3 is 10.1 Å². The first-order chi connectivity index (χ1) is 13.3. The van der Waals surface area contributed by atoms with Crippen LogP contribution in [-0.2, 0) is 21.4 Å². The number of rotatable bonds is 7. The minimum absolute atomic E-state index is 0.0491. The van der Waals surface area contributed by atoms with E-state index >= 15 is 0 Å². The van der Waals surface area contributed by atoms with Crippen LogP contribution in [0.2, 0.25) is 5.02 Å². The molecule has 0 bridgehead atoms.